The van der Waals surface area contributed by atoms with E-state index in [1.54, 1.807) is 0 Å². The maximum atomic E-state index is 4.42. The van der Waals surface area contributed by atoms with Gasteiger partial charge in [0.15, 0.2) is 0 Å². The second-order valence-corrected chi connectivity index (χ2v) is 5.18. The quantitative estimate of drug-likeness (QED) is 0.822. The highest BCUT2D eigenvalue weighted by molar-refractivity contribution is 5.12. The molecule has 0 spiro atoms. The summed E-state index contributed by atoms with van der Waals surface area (Å²) in [4.78, 5) is 4.42. The molecule has 15 heavy (non-hydrogen) atoms. The van der Waals surface area contributed by atoms with Crippen molar-refractivity contribution in [3.05, 3.63) is 30.1 Å². The molecule has 2 nitrogen and oxygen atoms in total. The summed E-state index contributed by atoms with van der Waals surface area (Å²) in [6.07, 6.45) is 1.86. The predicted molar refractivity (Wildman–Crippen MR) is 65.0 cm³/mol. The van der Waals surface area contributed by atoms with E-state index < -0.39 is 0 Å². The topological polar surface area (TPSA) is 24.9 Å². The van der Waals surface area contributed by atoms with Crippen molar-refractivity contribution in [3.8, 4) is 0 Å². The van der Waals surface area contributed by atoms with Gasteiger partial charge in [0.25, 0.3) is 0 Å². The van der Waals surface area contributed by atoms with E-state index in [4.69, 9.17) is 0 Å². The van der Waals surface area contributed by atoms with E-state index in [-0.39, 0.29) is 5.41 Å². The predicted octanol–water partition coefficient (Wildman–Crippen LogP) is 2.82. The van der Waals surface area contributed by atoms with Crippen LogP contribution in [0.4, 0.5) is 0 Å². The van der Waals surface area contributed by atoms with Gasteiger partial charge in [0.05, 0.1) is 0 Å². The second-order valence-electron chi connectivity index (χ2n) is 5.18. The van der Waals surface area contributed by atoms with Gasteiger partial charge >= 0.3 is 0 Å². The number of hydrogen-bond acceptors (Lipinski definition) is 2. The van der Waals surface area contributed by atoms with E-state index in [0.29, 0.717) is 12.0 Å². The zero-order valence-electron chi connectivity index (χ0n) is 10.4. The molecule has 0 saturated carbocycles. The number of likely N-dealkylation sites (N-methyl/N-ethyl adjacent to an activating group) is 1. The van der Waals surface area contributed by atoms with Crippen LogP contribution in [0.5, 0.6) is 0 Å². The van der Waals surface area contributed by atoms with Crippen molar-refractivity contribution >= 4 is 0 Å². The number of pyridine rings is 1. The molecule has 1 rings (SSSR count). The van der Waals surface area contributed by atoms with Gasteiger partial charge in [-0.3, -0.25) is 4.98 Å². The van der Waals surface area contributed by atoms with Crippen molar-refractivity contribution in [2.75, 3.05) is 7.05 Å². The van der Waals surface area contributed by atoms with Gasteiger partial charge in [-0.05, 0) is 24.6 Å². The van der Waals surface area contributed by atoms with Crippen LogP contribution in [0, 0.1) is 5.41 Å². The fourth-order valence-electron chi connectivity index (χ4n) is 2.25. The SMILES string of the molecule is CNC(C(C)c1ccccn1)C(C)(C)C. The Hall–Kier alpha value is -0.890. The Balaban J connectivity index is 2.88. The smallest absolute Gasteiger partial charge is 0.0447 e. The molecular weight excluding hydrogens is 184 g/mol. The molecule has 0 aliphatic carbocycles. The van der Waals surface area contributed by atoms with E-state index in [1.807, 2.05) is 25.4 Å². The van der Waals surface area contributed by atoms with Crippen molar-refractivity contribution in [1.29, 1.82) is 0 Å². The Bertz CT molecular complexity index is 287. The van der Waals surface area contributed by atoms with Gasteiger partial charge in [-0.2, -0.15) is 0 Å². The Kier molecular flexibility index (Phi) is 3.86. The van der Waals surface area contributed by atoms with Crippen molar-refractivity contribution in [1.82, 2.24) is 10.3 Å². The molecule has 2 unspecified atom stereocenters. The van der Waals surface area contributed by atoms with Crippen LogP contribution >= 0.6 is 0 Å². The van der Waals surface area contributed by atoms with Crippen LogP contribution in [0.3, 0.4) is 0 Å². The van der Waals surface area contributed by atoms with E-state index >= 15 is 0 Å². The number of nitrogens with zero attached hydrogens (tertiary/aromatic N) is 1. The number of rotatable bonds is 3. The van der Waals surface area contributed by atoms with Gasteiger partial charge in [-0.1, -0.05) is 33.8 Å². The first-order chi connectivity index (χ1) is 6.96. The zero-order chi connectivity index (χ0) is 11.5. The number of hydrogen-bond donors (Lipinski definition) is 1. The Labute approximate surface area is 93.1 Å². The van der Waals surface area contributed by atoms with Crippen LogP contribution in [0.25, 0.3) is 0 Å². The fraction of sp³-hybridized carbons (Fsp3) is 0.615. The summed E-state index contributed by atoms with van der Waals surface area (Å²) < 4.78 is 0. The molecule has 0 radical (unpaired) electrons. The van der Waals surface area contributed by atoms with Gasteiger partial charge < -0.3 is 5.32 Å². The summed E-state index contributed by atoms with van der Waals surface area (Å²) in [5.41, 5.74) is 1.40. The zero-order valence-corrected chi connectivity index (χ0v) is 10.4. The lowest BCUT2D eigenvalue weighted by atomic mass is 9.78. The maximum absolute atomic E-state index is 4.42. The standard InChI is InChI=1S/C13H22N2/c1-10(11-8-6-7-9-15-11)12(14-5)13(2,3)4/h6-10,12,14H,1-5H3. The van der Waals surface area contributed by atoms with E-state index in [9.17, 15) is 0 Å². The Morgan fingerprint density at radius 3 is 2.33 bits per heavy atom. The minimum atomic E-state index is 0.242. The molecule has 0 aromatic carbocycles. The molecule has 84 valence electrons. The Morgan fingerprint density at radius 2 is 1.93 bits per heavy atom. The van der Waals surface area contributed by atoms with Crippen LogP contribution in [0.2, 0.25) is 0 Å². The maximum Gasteiger partial charge on any atom is 0.0447 e. The summed E-state index contributed by atoms with van der Waals surface area (Å²) in [7, 11) is 2.02. The van der Waals surface area contributed by atoms with E-state index in [2.05, 4.69) is 44.1 Å². The molecular formula is C13H22N2. The lowest BCUT2D eigenvalue weighted by Gasteiger charge is -2.35. The van der Waals surface area contributed by atoms with Gasteiger partial charge in [-0.25, -0.2) is 0 Å². The molecule has 1 aromatic rings. The van der Waals surface area contributed by atoms with Crippen LogP contribution in [-0.4, -0.2) is 18.1 Å². The first kappa shape index (κ1) is 12.2. The monoisotopic (exact) mass is 206 g/mol. The average molecular weight is 206 g/mol. The third-order valence-electron chi connectivity index (χ3n) is 2.90. The largest absolute Gasteiger partial charge is 0.316 e. The fourth-order valence-corrected chi connectivity index (χ4v) is 2.25. The van der Waals surface area contributed by atoms with Gasteiger partial charge in [0, 0.05) is 23.9 Å². The molecule has 2 heteroatoms. The second kappa shape index (κ2) is 4.75. The highest BCUT2D eigenvalue weighted by atomic mass is 14.9. The molecule has 0 bridgehead atoms. The minimum Gasteiger partial charge on any atom is -0.316 e. The molecule has 2 atom stereocenters. The van der Waals surface area contributed by atoms with Crippen molar-refractivity contribution in [2.45, 2.75) is 39.7 Å². The normalized spacial score (nSPS) is 16.1. The molecule has 1 aromatic heterocycles. The third kappa shape index (κ3) is 3.03. The third-order valence-corrected chi connectivity index (χ3v) is 2.90. The first-order valence-electron chi connectivity index (χ1n) is 5.55. The van der Waals surface area contributed by atoms with Crippen LogP contribution in [-0.2, 0) is 0 Å². The molecule has 0 amide bonds. The number of aromatic nitrogens is 1. The van der Waals surface area contributed by atoms with Gasteiger partial charge in [0.1, 0.15) is 0 Å². The molecule has 0 aliphatic heterocycles. The minimum absolute atomic E-state index is 0.242. The molecule has 0 saturated heterocycles. The summed E-state index contributed by atoms with van der Waals surface area (Å²) in [5, 5.41) is 3.40. The average Bonchev–Trinajstić information content (AvgIpc) is 2.18. The van der Waals surface area contributed by atoms with Crippen LogP contribution < -0.4 is 5.32 Å². The van der Waals surface area contributed by atoms with Crippen molar-refractivity contribution in [2.24, 2.45) is 5.41 Å². The van der Waals surface area contributed by atoms with E-state index in [0.717, 1.165) is 5.69 Å². The summed E-state index contributed by atoms with van der Waals surface area (Å²) in [6.45, 7) is 9.00. The molecule has 0 aliphatic rings. The number of nitrogens with one attached hydrogen (secondary N) is 1. The van der Waals surface area contributed by atoms with E-state index in [1.165, 1.54) is 0 Å². The van der Waals surface area contributed by atoms with Gasteiger partial charge in [0.2, 0.25) is 0 Å². The van der Waals surface area contributed by atoms with Gasteiger partial charge in [-0.15, -0.1) is 0 Å². The highest BCUT2D eigenvalue weighted by Gasteiger charge is 2.29. The highest BCUT2D eigenvalue weighted by Crippen LogP contribution is 2.30. The summed E-state index contributed by atoms with van der Waals surface area (Å²) in [5.74, 6) is 0.427. The van der Waals surface area contributed by atoms with Crippen molar-refractivity contribution < 1.29 is 0 Å². The van der Waals surface area contributed by atoms with Crippen LogP contribution in [0.15, 0.2) is 24.4 Å². The summed E-state index contributed by atoms with van der Waals surface area (Å²) >= 11 is 0. The first-order valence-corrected chi connectivity index (χ1v) is 5.55. The Morgan fingerprint density at radius 1 is 1.27 bits per heavy atom. The lowest BCUT2D eigenvalue weighted by molar-refractivity contribution is 0.248. The molecule has 1 N–H and O–H groups in total. The molecule has 0 fully saturated rings. The lowest BCUT2D eigenvalue weighted by Crippen LogP contribution is -2.42. The van der Waals surface area contributed by atoms with Crippen molar-refractivity contribution in [3.63, 3.8) is 0 Å². The van der Waals surface area contributed by atoms with Crippen LogP contribution in [0.1, 0.15) is 39.3 Å². The molecule has 1 heterocycles. The summed E-state index contributed by atoms with van der Waals surface area (Å²) in [6, 6.07) is 6.55.